The van der Waals surface area contributed by atoms with Gasteiger partial charge in [0.25, 0.3) is 0 Å². The van der Waals surface area contributed by atoms with Crippen molar-refractivity contribution < 1.29 is 19.5 Å². The summed E-state index contributed by atoms with van der Waals surface area (Å²) in [5.74, 6) is 0.0700. The maximum Gasteiger partial charge on any atom is 0.245 e. The first-order chi connectivity index (χ1) is 13.4. The highest BCUT2D eigenvalue weighted by atomic mass is 16.3. The van der Waals surface area contributed by atoms with Gasteiger partial charge in [0.15, 0.2) is 0 Å². The predicted octanol–water partition coefficient (Wildman–Crippen LogP) is 2.22. The zero-order valence-corrected chi connectivity index (χ0v) is 16.6. The minimum absolute atomic E-state index is 0.00245. The number of aromatic hydroxyl groups is 1. The number of anilines is 1. The molecule has 0 unspecified atom stereocenters. The van der Waals surface area contributed by atoms with E-state index in [4.69, 9.17) is 0 Å². The normalized spacial score (nSPS) is 19.2. The number of likely N-dealkylation sites (tertiary alicyclic amines) is 2. The number of nitrogens with zero attached hydrogens (tertiary/aromatic N) is 2. The van der Waals surface area contributed by atoms with Crippen molar-refractivity contribution in [2.45, 2.75) is 45.6 Å². The van der Waals surface area contributed by atoms with E-state index >= 15 is 0 Å². The average molecular weight is 387 g/mol. The van der Waals surface area contributed by atoms with Crippen LogP contribution in [0.5, 0.6) is 5.75 Å². The van der Waals surface area contributed by atoms with E-state index in [1.807, 2.05) is 13.8 Å². The SMILES string of the molecule is CC(C)[C@H](C(=O)N1CCC(C(=O)Nc2ccc(O)cc2)CC1)N1CCCC1=O. The summed E-state index contributed by atoms with van der Waals surface area (Å²) in [7, 11) is 0. The van der Waals surface area contributed by atoms with Crippen LogP contribution < -0.4 is 5.32 Å². The van der Waals surface area contributed by atoms with Gasteiger partial charge in [0.1, 0.15) is 11.8 Å². The molecule has 3 amide bonds. The van der Waals surface area contributed by atoms with Gasteiger partial charge in [-0.05, 0) is 49.4 Å². The van der Waals surface area contributed by atoms with Gasteiger partial charge in [-0.1, -0.05) is 13.8 Å². The smallest absolute Gasteiger partial charge is 0.245 e. The second kappa shape index (κ2) is 8.63. The standard InChI is InChI=1S/C21H29N3O4/c1-14(2)19(24-11-3-4-18(24)26)21(28)23-12-9-15(10-13-23)20(27)22-16-5-7-17(25)8-6-16/h5-8,14-15,19,25H,3-4,9-13H2,1-2H3,(H,22,27)/t19-/m1/s1. The van der Waals surface area contributed by atoms with Gasteiger partial charge in [0.2, 0.25) is 17.7 Å². The van der Waals surface area contributed by atoms with Crippen LogP contribution in [0.1, 0.15) is 39.5 Å². The molecule has 7 nitrogen and oxygen atoms in total. The van der Waals surface area contributed by atoms with Crippen LogP contribution in [0.4, 0.5) is 5.69 Å². The number of rotatable bonds is 5. The van der Waals surface area contributed by atoms with Gasteiger partial charge in [0.05, 0.1) is 0 Å². The fourth-order valence-electron chi connectivity index (χ4n) is 4.08. The van der Waals surface area contributed by atoms with Gasteiger partial charge in [0, 0.05) is 37.7 Å². The molecule has 2 saturated heterocycles. The van der Waals surface area contributed by atoms with Crippen molar-refractivity contribution in [2.24, 2.45) is 11.8 Å². The summed E-state index contributed by atoms with van der Waals surface area (Å²) in [5, 5.41) is 12.2. The molecule has 2 fully saturated rings. The molecular weight excluding hydrogens is 358 g/mol. The number of hydrogen-bond acceptors (Lipinski definition) is 4. The Kier molecular flexibility index (Phi) is 6.21. The Morgan fingerprint density at radius 3 is 2.29 bits per heavy atom. The van der Waals surface area contributed by atoms with Crippen LogP contribution in [0, 0.1) is 11.8 Å². The highest BCUT2D eigenvalue weighted by Crippen LogP contribution is 2.25. The van der Waals surface area contributed by atoms with Crippen LogP contribution in [-0.2, 0) is 14.4 Å². The minimum Gasteiger partial charge on any atom is -0.508 e. The molecule has 2 aliphatic heterocycles. The van der Waals surface area contributed by atoms with Gasteiger partial charge >= 0.3 is 0 Å². The fraction of sp³-hybridized carbons (Fsp3) is 0.571. The van der Waals surface area contributed by atoms with E-state index in [0.29, 0.717) is 44.6 Å². The van der Waals surface area contributed by atoms with Gasteiger partial charge < -0.3 is 20.2 Å². The molecule has 152 valence electrons. The number of phenolic OH excluding ortho intramolecular Hbond substituents is 1. The van der Waals surface area contributed by atoms with Gasteiger partial charge in [-0.25, -0.2) is 0 Å². The molecule has 2 aliphatic rings. The second-order valence-electron chi connectivity index (χ2n) is 8.02. The van der Waals surface area contributed by atoms with Crippen molar-refractivity contribution in [1.82, 2.24) is 9.80 Å². The summed E-state index contributed by atoms with van der Waals surface area (Å²) >= 11 is 0. The van der Waals surface area contributed by atoms with E-state index in [0.717, 1.165) is 6.42 Å². The molecule has 2 N–H and O–H groups in total. The molecule has 0 saturated carbocycles. The van der Waals surface area contributed by atoms with Crippen molar-refractivity contribution >= 4 is 23.4 Å². The maximum absolute atomic E-state index is 13.1. The molecule has 7 heteroatoms. The Hall–Kier alpha value is -2.57. The quantitative estimate of drug-likeness (QED) is 0.758. The van der Waals surface area contributed by atoms with E-state index < -0.39 is 6.04 Å². The number of phenols is 1. The van der Waals surface area contributed by atoms with E-state index in [2.05, 4.69) is 5.32 Å². The first-order valence-electron chi connectivity index (χ1n) is 10.0. The third kappa shape index (κ3) is 4.46. The third-order valence-electron chi connectivity index (χ3n) is 5.64. The predicted molar refractivity (Wildman–Crippen MR) is 106 cm³/mol. The lowest BCUT2D eigenvalue weighted by molar-refractivity contribution is -0.146. The number of carbonyl (C=O) groups is 3. The zero-order valence-electron chi connectivity index (χ0n) is 16.6. The van der Waals surface area contributed by atoms with E-state index in [1.165, 1.54) is 12.1 Å². The van der Waals surface area contributed by atoms with Crippen molar-refractivity contribution in [2.75, 3.05) is 25.0 Å². The number of benzene rings is 1. The van der Waals surface area contributed by atoms with Gasteiger partial charge in [-0.15, -0.1) is 0 Å². The molecule has 0 bridgehead atoms. The Morgan fingerprint density at radius 2 is 1.75 bits per heavy atom. The Balaban J connectivity index is 1.56. The average Bonchev–Trinajstić information content (AvgIpc) is 3.09. The molecule has 0 radical (unpaired) electrons. The maximum atomic E-state index is 13.1. The molecule has 1 aromatic carbocycles. The Labute approximate surface area is 165 Å². The molecule has 28 heavy (non-hydrogen) atoms. The van der Waals surface area contributed by atoms with Crippen molar-refractivity contribution in [3.05, 3.63) is 24.3 Å². The van der Waals surface area contributed by atoms with Crippen LogP contribution >= 0.6 is 0 Å². The Bertz CT molecular complexity index is 724. The van der Waals surface area contributed by atoms with Crippen LogP contribution in [0.25, 0.3) is 0 Å². The number of nitrogens with one attached hydrogen (secondary N) is 1. The van der Waals surface area contributed by atoms with Crippen molar-refractivity contribution in [3.8, 4) is 5.75 Å². The molecule has 2 heterocycles. The highest BCUT2D eigenvalue weighted by Gasteiger charge is 2.38. The lowest BCUT2D eigenvalue weighted by Gasteiger charge is -2.37. The lowest BCUT2D eigenvalue weighted by Crippen LogP contribution is -2.54. The third-order valence-corrected chi connectivity index (χ3v) is 5.64. The van der Waals surface area contributed by atoms with Crippen molar-refractivity contribution in [3.63, 3.8) is 0 Å². The summed E-state index contributed by atoms with van der Waals surface area (Å²) in [6.07, 6.45) is 2.55. The van der Waals surface area contributed by atoms with Crippen LogP contribution in [0.3, 0.4) is 0 Å². The first kappa shape index (κ1) is 20.2. The topological polar surface area (TPSA) is 89.9 Å². The molecule has 0 aliphatic carbocycles. The number of amides is 3. The molecule has 1 atom stereocenters. The largest absolute Gasteiger partial charge is 0.508 e. The van der Waals surface area contributed by atoms with E-state index in [9.17, 15) is 19.5 Å². The van der Waals surface area contributed by atoms with Crippen molar-refractivity contribution in [1.29, 1.82) is 0 Å². The summed E-state index contributed by atoms with van der Waals surface area (Å²) in [6.45, 7) is 5.66. The molecule has 0 spiro atoms. The molecule has 3 rings (SSSR count). The Morgan fingerprint density at radius 1 is 1.11 bits per heavy atom. The summed E-state index contributed by atoms with van der Waals surface area (Å²) in [5.41, 5.74) is 0.647. The van der Waals surface area contributed by atoms with E-state index in [-0.39, 0.29) is 35.3 Å². The first-order valence-corrected chi connectivity index (χ1v) is 10.0. The molecule has 1 aromatic rings. The second-order valence-corrected chi connectivity index (χ2v) is 8.02. The number of hydrogen-bond donors (Lipinski definition) is 2. The van der Waals surface area contributed by atoms with Crippen LogP contribution in [0.15, 0.2) is 24.3 Å². The summed E-state index contributed by atoms with van der Waals surface area (Å²) in [6, 6.07) is 5.97. The molecule has 0 aromatic heterocycles. The number of piperidine rings is 1. The lowest BCUT2D eigenvalue weighted by atomic mass is 9.93. The molecular formula is C21H29N3O4. The summed E-state index contributed by atoms with van der Waals surface area (Å²) < 4.78 is 0. The van der Waals surface area contributed by atoms with Gasteiger partial charge in [-0.2, -0.15) is 0 Å². The van der Waals surface area contributed by atoms with Crippen LogP contribution in [-0.4, -0.2) is 58.3 Å². The summed E-state index contributed by atoms with van der Waals surface area (Å²) in [4.78, 5) is 41.2. The fourth-order valence-corrected chi connectivity index (χ4v) is 4.08. The highest BCUT2D eigenvalue weighted by molar-refractivity contribution is 5.93. The number of carbonyl (C=O) groups excluding carboxylic acids is 3. The van der Waals surface area contributed by atoms with Gasteiger partial charge in [-0.3, -0.25) is 14.4 Å². The van der Waals surface area contributed by atoms with Crippen LogP contribution in [0.2, 0.25) is 0 Å². The minimum atomic E-state index is -0.405. The monoisotopic (exact) mass is 387 g/mol. The zero-order chi connectivity index (χ0) is 20.3. The van der Waals surface area contributed by atoms with E-state index in [1.54, 1.807) is 21.9 Å².